The van der Waals surface area contributed by atoms with E-state index in [1.54, 1.807) is 0 Å². The summed E-state index contributed by atoms with van der Waals surface area (Å²) in [7, 11) is 0. The van der Waals surface area contributed by atoms with Gasteiger partial charge in [-0.3, -0.25) is 0 Å². The molecule has 1 aromatic carbocycles. The summed E-state index contributed by atoms with van der Waals surface area (Å²) < 4.78 is 0. The number of nitrogens with one attached hydrogen (secondary N) is 1. The molecule has 0 aromatic heterocycles. The van der Waals surface area contributed by atoms with Gasteiger partial charge < -0.3 is 5.32 Å². The Morgan fingerprint density at radius 2 is 2.36 bits per heavy atom. The molecule has 1 nitrogen and oxygen atoms in total. The summed E-state index contributed by atoms with van der Waals surface area (Å²) in [5.41, 5.74) is 1.21. The Balaban J connectivity index is 2.43. The predicted octanol–water partition coefficient (Wildman–Crippen LogP) is 2.86. The second kappa shape index (κ2) is 2.95. The average molecular weight is 186 g/mol. The molecule has 2 rings (SSSR count). The summed E-state index contributed by atoms with van der Waals surface area (Å²) in [6.07, 6.45) is 0. The largest absolute Gasteiger partial charge is 0.383 e. The zero-order valence-electron chi connectivity index (χ0n) is 5.93. The highest BCUT2D eigenvalue weighted by molar-refractivity contribution is 7.99. The fourth-order valence-corrected chi connectivity index (χ4v) is 2.28. The third-order valence-electron chi connectivity index (χ3n) is 1.62. The van der Waals surface area contributed by atoms with Crippen LogP contribution in [0, 0.1) is 0 Å². The van der Waals surface area contributed by atoms with Crippen LogP contribution in [0.15, 0.2) is 23.1 Å². The van der Waals surface area contributed by atoms with Crippen molar-refractivity contribution in [1.29, 1.82) is 0 Å². The van der Waals surface area contributed by atoms with Crippen LogP contribution < -0.4 is 5.32 Å². The molecular formula is C8H8ClNS. The SMILES string of the molecule is Clc1ccc2c(c1)SCCN2. The Morgan fingerprint density at radius 1 is 1.45 bits per heavy atom. The third kappa shape index (κ3) is 1.47. The van der Waals surface area contributed by atoms with Gasteiger partial charge in [0.05, 0.1) is 0 Å². The molecule has 0 amide bonds. The first-order valence-electron chi connectivity index (χ1n) is 3.52. The molecule has 0 saturated heterocycles. The Morgan fingerprint density at radius 3 is 3.27 bits per heavy atom. The smallest absolute Gasteiger partial charge is 0.0479 e. The first-order chi connectivity index (χ1) is 5.36. The average Bonchev–Trinajstić information content (AvgIpc) is 2.04. The van der Waals surface area contributed by atoms with Crippen molar-refractivity contribution in [3.63, 3.8) is 0 Å². The van der Waals surface area contributed by atoms with E-state index in [1.165, 1.54) is 10.6 Å². The van der Waals surface area contributed by atoms with Gasteiger partial charge in [-0.25, -0.2) is 0 Å². The molecule has 11 heavy (non-hydrogen) atoms. The van der Waals surface area contributed by atoms with Crippen molar-refractivity contribution in [2.75, 3.05) is 17.6 Å². The van der Waals surface area contributed by atoms with Crippen molar-refractivity contribution in [3.8, 4) is 0 Å². The fraction of sp³-hybridized carbons (Fsp3) is 0.250. The van der Waals surface area contributed by atoms with Gasteiger partial charge in [-0.05, 0) is 18.2 Å². The van der Waals surface area contributed by atoms with Crippen LogP contribution in [0.25, 0.3) is 0 Å². The maximum atomic E-state index is 5.84. The quantitative estimate of drug-likeness (QED) is 0.667. The lowest BCUT2D eigenvalue weighted by atomic mass is 10.3. The van der Waals surface area contributed by atoms with E-state index in [0.29, 0.717) is 0 Å². The molecule has 1 aliphatic heterocycles. The van der Waals surface area contributed by atoms with Crippen LogP contribution in [-0.2, 0) is 0 Å². The molecule has 0 saturated carbocycles. The van der Waals surface area contributed by atoms with Crippen LogP contribution in [0.4, 0.5) is 5.69 Å². The molecular weight excluding hydrogens is 178 g/mol. The summed E-state index contributed by atoms with van der Waals surface area (Å²) >= 11 is 7.69. The zero-order chi connectivity index (χ0) is 7.68. The molecule has 1 aliphatic rings. The second-order valence-corrected chi connectivity index (χ2v) is 3.99. The lowest BCUT2D eigenvalue weighted by Gasteiger charge is -2.16. The van der Waals surface area contributed by atoms with Gasteiger partial charge in [0.1, 0.15) is 0 Å². The number of hydrogen-bond donors (Lipinski definition) is 1. The molecule has 0 fully saturated rings. The molecule has 0 spiro atoms. The van der Waals surface area contributed by atoms with Gasteiger partial charge in [0.15, 0.2) is 0 Å². The standard InChI is InChI=1S/C8H8ClNS/c9-6-1-2-7-8(5-6)11-4-3-10-7/h1-2,5,10H,3-4H2. The number of halogens is 1. The fourth-order valence-electron chi connectivity index (χ4n) is 1.11. The van der Waals surface area contributed by atoms with E-state index in [9.17, 15) is 0 Å². The van der Waals surface area contributed by atoms with Crippen LogP contribution >= 0.6 is 23.4 Å². The van der Waals surface area contributed by atoms with Gasteiger partial charge in [-0.15, -0.1) is 11.8 Å². The van der Waals surface area contributed by atoms with Crippen LogP contribution in [0.5, 0.6) is 0 Å². The van der Waals surface area contributed by atoms with Crippen LogP contribution in [-0.4, -0.2) is 12.3 Å². The Kier molecular flexibility index (Phi) is 1.96. The van der Waals surface area contributed by atoms with E-state index >= 15 is 0 Å². The number of rotatable bonds is 0. The third-order valence-corrected chi connectivity index (χ3v) is 2.91. The Hall–Kier alpha value is -0.340. The minimum absolute atomic E-state index is 0.819. The van der Waals surface area contributed by atoms with Crippen molar-refractivity contribution >= 4 is 29.1 Å². The van der Waals surface area contributed by atoms with E-state index in [2.05, 4.69) is 5.32 Å². The van der Waals surface area contributed by atoms with Crippen molar-refractivity contribution in [1.82, 2.24) is 0 Å². The summed E-state index contributed by atoms with van der Waals surface area (Å²) in [5.74, 6) is 1.13. The number of hydrogen-bond acceptors (Lipinski definition) is 2. The number of benzene rings is 1. The molecule has 0 atom stereocenters. The monoisotopic (exact) mass is 185 g/mol. The van der Waals surface area contributed by atoms with Crippen LogP contribution in [0.2, 0.25) is 5.02 Å². The van der Waals surface area contributed by atoms with Crippen LogP contribution in [0.1, 0.15) is 0 Å². The molecule has 1 aromatic rings. The highest BCUT2D eigenvalue weighted by atomic mass is 35.5. The van der Waals surface area contributed by atoms with E-state index in [4.69, 9.17) is 11.6 Å². The number of anilines is 1. The normalized spacial score (nSPS) is 15.4. The van der Waals surface area contributed by atoms with Gasteiger partial charge >= 0.3 is 0 Å². The van der Waals surface area contributed by atoms with Crippen molar-refractivity contribution in [2.24, 2.45) is 0 Å². The van der Waals surface area contributed by atoms with Gasteiger partial charge in [0, 0.05) is 27.9 Å². The molecule has 1 heterocycles. The Bertz CT molecular complexity index is 275. The van der Waals surface area contributed by atoms with E-state index in [-0.39, 0.29) is 0 Å². The minimum Gasteiger partial charge on any atom is -0.383 e. The lowest BCUT2D eigenvalue weighted by molar-refractivity contribution is 1.17. The molecule has 0 radical (unpaired) electrons. The van der Waals surface area contributed by atoms with E-state index in [0.717, 1.165) is 17.3 Å². The predicted molar refractivity (Wildman–Crippen MR) is 50.7 cm³/mol. The number of fused-ring (bicyclic) bond motifs is 1. The Labute approximate surface area is 75.1 Å². The van der Waals surface area contributed by atoms with E-state index < -0.39 is 0 Å². The van der Waals surface area contributed by atoms with Crippen molar-refractivity contribution in [3.05, 3.63) is 23.2 Å². The van der Waals surface area contributed by atoms with Gasteiger partial charge in [0.2, 0.25) is 0 Å². The molecule has 3 heteroatoms. The highest BCUT2D eigenvalue weighted by Crippen LogP contribution is 2.32. The summed E-state index contributed by atoms with van der Waals surface area (Å²) in [5, 5.41) is 4.13. The highest BCUT2D eigenvalue weighted by Gasteiger charge is 2.07. The van der Waals surface area contributed by atoms with Gasteiger partial charge in [0.25, 0.3) is 0 Å². The molecule has 1 N–H and O–H groups in total. The first kappa shape index (κ1) is 7.32. The molecule has 0 aliphatic carbocycles. The first-order valence-corrected chi connectivity index (χ1v) is 4.89. The van der Waals surface area contributed by atoms with Crippen molar-refractivity contribution < 1.29 is 0 Å². The maximum absolute atomic E-state index is 5.84. The van der Waals surface area contributed by atoms with E-state index in [1.807, 2.05) is 30.0 Å². The topological polar surface area (TPSA) is 12.0 Å². The van der Waals surface area contributed by atoms with Gasteiger partial charge in [-0.1, -0.05) is 11.6 Å². The lowest BCUT2D eigenvalue weighted by Crippen LogP contribution is -2.09. The van der Waals surface area contributed by atoms with Gasteiger partial charge in [-0.2, -0.15) is 0 Å². The number of thioether (sulfide) groups is 1. The molecule has 0 unspecified atom stereocenters. The summed E-state index contributed by atoms with van der Waals surface area (Å²) in [4.78, 5) is 1.27. The minimum atomic E-state index is 0.819. The summed E-state index contributed by atoms with van der Waals surface area (Å²) in [6, 6.07) is 5.96. The zero-order valence-corrected chi connectivity index (χ0v) is 7.50. The summed E-state index contributed by atoms with van der Waals surface area (Å²) in [6.45, 7) is 1.05. The molecule has 58 valence electrons. The molecule has 0 bridgehead atoms. The maximum Gasteiger partial charge on any atom is 0.0479 e. The van der Waals surface area contributed by atoms with Crippen molar-refractivity contribution in [2.45, 2.75) is 4.90 Å². The second-order valence-electron chi connectivity index (χ2n) is 2.42. The van der Waals surface area contributed by atoms with Crippen LogP contribution in [0.3, 0.4) is 0 Å².